The second-order valence-corrected chi connectivity index (χ2v) is 8.29. The Bertz CT molecular complexity index is 1500. The van der Waals surface area contributed by atoms with Gasteiger partial charge in [-0.1, -0.05) is 90.5 Å². The van der Waals surface area contributed by atoms with Crippen LogP contribution < -0.4 is 5.32 Å². The Hall–Kier alpha value is -3.89. The molecule has 0 bridgehead atoms. The van der Waals surface area contributed by atoms with Gasteiger partial charge in [0.15, 0.2) is 5.84 Å². The molecule has 0 saturated heterocycles. The zero-order valence-electron chi connectivity index (χ0n) is 17.1. The largest absolute Gasteiger partial charge is 0.336 e. The lowest BCUT2D eigenvalue weighted by Gasteiger charge is -2.27. The van der Waals surface area contributed by atoms with Crippen LogP contribution >= 0.6 is 11.6 Å². The highest BCUT2D eigenvalue weighted by atomic mass is 35.5. The fourth-order valence-electron chi connectivity index (χ4n) is 4.29. The van der Waals surface area contributed by atoms with E-state index in [1.807, 2.05) is 42.5 Å². The molecule has 2 heterocycles. The molecule has 0 aliphatic carbocycles. The molecule has 1 N–H and O–H groups in total. The monoisotopic (exact) mass is 434 g/mol. The number of aromatic nitrogens is 1. The molecule has 1 atom stereocenters. The Kier molecular flexibility index (Phi) is 4.33. The van der Waals surface area contributed by atoms with Gasteiger partial charge in [-0.25, -0.2) is 9.98 Å². The van der Waals surface area contributed by atoms with Crippen LogP contribution in [0.15, 0.2) is 113 Å². The second-order valence-electron chi connectivity index (χ2n) is 7.75. The molecule has 32 heavy (non-hydrogen) atoms. The SMILES string of the molecule is ClC1(c2ccc3c4ccccc4n(-c4ccccc4)c3c2)N=C(c2ccccc2)N=CN1. The minimum atomic E-state index is -1.14. The van der Waals surface area contributed by atoms with Gasteiger partial charge in [0.1, 0.15) is 0 Å². The summed E-state index contributed by atoms with van der Waals surface area (Å²) in [4.78, 5) is 9.19. The average Bonchev–Trinajstić information content (AvgIpc) is 3.19. The van der Waals surface area contributed by atoms with Crippen LogP contribution in [-0.2, 0) is 5.12 Å². The third-order valence-electron chi connectivity index (χ3n) is 5.81. The minimum Gasteiger partial charge on any atom is -0.336 e. The summed E-state index contributed by atoms with van der Waals surface area (Å²) in [5, 5.41) is 4.38. The molecule has 1 aromatic heterocycles. The van der Waals surface area contributed by atoms with E-state index in [1.54, 1.807) is 6.34 Å². The first-order valence-corrected chi connectivity index (χ1v) is 10.8. The molecule has 4 nitrogen and oxygen atoms in total. The van der Waals surface area contributed by atoms with E-state index in [1.165, 1.54) is 10.8 Å². The predicted octanol–water partition coefficient (Wildman–Crippen LogP) is 6.21. The van der Waals surface area contributed by atoms with Gasteiger partial charge in [0.25, 0.3) is 0 Å². The number of rotatable bonds is 3. The summed E-state index contributed by atoms with van der Waals surface area (Å²) >= 11 is 7.04. The van der Waals surface area contributed by atoms with Crippen LogP contribution in [0.2, 0.25) is 0 Å². The van der Waals surface area contributed by atoms with Crippen molar-refractivity contribution in [2.24, 2.45) is 9.98 Å². The van der Waals surface area contributed by atoms with Gasteiger partial charge in [-0.3, -0.25) is 0 Å². The van der Waals surface area contributed by atoms with Crippen molar-refractivity contribution in [3.05, 3.63) is 114 Å². The summed E-state index contributed by atoms with van der Waals surface area (Å²) in [6.45, 7) is 0. The lowest BCUT2D eigenvalue weighted by atomic mass is 10.1. The number of para-hydroxylation sites is 2. The highest BCUT2D eigenvalue weighted by Gasteiger charge is 2.32. The zero-order valence-corrected chi connectivity index (χ0v) is 17.9. The smallest absolute Gasteiger partial charge is 0.235 e. The molecule has 1 aliphatic heterocycles. The van der Waals surface area contributed by atoms with Crippen LogP contribution in [0, 0.1) is 0 Å². The first kappa shape index (κ1) is 18.8. The van der Waals surface area contributed by atoms with E-state index < -0.39 is 5.12 Å². The number of fused-ring (bicyclic) bond motifs is 3. The standard InChI is InChI=1S/C27H19ClN4/c28-27(30-18-29-26(31-27)19-9-3-1-4-10-19)20-15-16-23-22-13-7-8-14-24(22)32(25(23)17-20)21-11-5-2-6-12-21/h1-18H,(H,29,30,31). The third kappa shape index (κ3) is 3.00. The number of benzene rings is 4. The van der Waals surface area contributed by atoms with Gasteiger partial charge < -0.3 is 9.88 Å². The summed E-state index contributed by atoms with van der Waals surface area (Å²) in [6.07, 6.45) is 1.62. The van der Waals surface area contributed by atoms with Gasteiger partial charge in [-0.15, -0.1) is 0 Å². The maximum atomic E-state index is 7.04. The molecule has 5 aromatic rings. The Balaban J connectivity index is 1.57. The van der Waals surface area contributed by atoms with Gasteiger partial charge >= 0.3 is 0 Å². The van der Waals surface area contributed by atoms with Crippen LogP contribution in [0.25, 0.3) is 27.5 Å². The normalized spacial score (nSPS) is 18.0. The molecule has 0 fully saturated rings. The zero-order chi connectivity index (χ0) is 21.5. The molecule has 0 saturated carbocycles. The van der Waals surface area contributed by atoms with Crippen molar-refractivity contribution in [2.45, 2.75) is 5.12 Å². The van der Waals surface area contributed by atoms with Crippen molar-refractivity contribution in [3.63, 3.8) is 0 Å². The van der Waals surface area contributed by atoms with E-state index >= 15 is 0 Å². The molecule has 1 unspecified atom stereocenters. The molecule has 0 amide bonds. The Morgan fingerprint density at radius 2 is 1.41 bits per heavy atom. The number of nitrogens with zero attached hydrogens (tertiary/aromatic N) is 3. The van der Waals surface area contributed by atoms with Crippen LogP contribution in [0.3, 0.4) is 0 Å². The molecule has 4 aromatic carbocycles. The first-order chi connectivity index (χ1) is 15.7. The number of amidine groups is 1. The van der Waals surface area contributed by atoms with Crippen LogP contribution in [0.1, 0.15) is 11.1 Å². The number of nitrogens with one attached hydrogen (secondary N) is 1. The molecule has 0 radical (unpaired) electrons. The van der Waals surface area contributed by atoms with Gasteiger partial charge in [0.2, 0.25) is 5.12 Å². The number of halogens is 1. The topological polar surface area (TPSA) is 41.7 Å². The maximum absolute atomic E-state index is 7.04. The molecule has 1 aliphatic rings. The van der Waals surface area contributed by atoms with Crippen molar-refractivity contribution >= 4 is 45.6 Å². The quantitative estimate of drug-likeness (QED) is 0.266. The third-order valence-corrected chi connectivity index (χ3v) is 6.22. The Morgan fingerprint density at radius 1 is 0.719 bits per heavy atom. The highest BCUT2D eigenvalue weighted by molar-refractivity contribution is 6.26. The number of hydrogen-bond donors (Lipinski definition) is 1. The lowest BCUT2D eigenvalue weighted by molar-refractivity contribution is 0.601. The van der Waals surface area contributed by atoms with Crippen molar-refractivity contribution in [3.8, 4) is 5.69 Å². The van der Waals surface area contributed by atoms with E-state index in [-0.39, 0.29) is 0 Å². The van der Waals surface area contributed by atoms with E-state index in [9.17, 15) is 0 Å². The van der Waals surface area contributed by atoms with Gasteiger partial charge in [0.05, 0.1) is 17.4 Å². The van der Waals surface area contributed by atoms with Crippen molar-refractivity contribution in [1.29, 1.82) is 0 Å². The van der Waals surface area contributed by atoms with Crippen molar-refractivity contribution in [2.75, 3.05) is 0 Å². The predicted molar refractivity (Wildman–Crippen MR) is 133 cm³/mol. The summed E-state index contributed by atoms with van der Waals surface area (Å²) in [6, 6.07) is 35.0. The fourth-order valence-corrected chi connectivity index (χ4v) is 4.54. The Labute approximate surface area is 190 Å². The summed E-state index contributed by atoms with van der Waals surface area (Å²) in [5.41, 5.74) is 5.11. The number of alkyl halides is 1. The van der Waals surface area contributed by atoms with Crippen LogP contribution in [-0.4, -0.2) is 16.7 Å². The molecule has 5 heteroatoms. The average molecular weight is 435 g/mol. The van der Waals surface area contributed by atoms with E-state index in [0.29, 0.717) is 5.84 Å². The van der Waals surface area contributed by atoms with Gasteiger partial charge in [-0.2, -0.15) is 0 Å². The second kappa shape index (κ2) is 7.36. The van der Waals surface area contributed by atoms with E-state index in [2.05, 4.69) is 75.5 Å². The number of hydrogen-bond acceptors (Lipinski definition) is 3. The van der Waals surface area contributed by atoms with E-state index in [0.717, 1.165) is 27.8 Å². The first-order valence-electron chi connectivity index (χ1n) is 10.5. The molecular formula is C27H19ClN4. The number of aliphatic imine (C=N–C) groups is 2. The van der Waals surface area contributed by atoms with E-state index in [4.69, 9.17) is 16.6 Å². The van der Waals surface area contributed by atoms with Crippen molar-refractivity contribution < 1.29 is 0 Å². The molecular weight excluding hydrogens is 416 g/mol. The molecule has 154 valence electrons. The minimum absolute atomic E-state index is 0.600. The lowest BCUT2D eigenvalue weighted by Crippen LogP contribution is -2.38. The van der Waals surface area contributed by atoms with Crippen LogP contribution in [0.5, 0.6) is 0 Å². The van der Waals surface area contributed by atoms with Gasteiger partial charge in [0, 0.05) is 27.6 Å². The maximum Gasteiger partial charge on any atom is 0.235 e. The molecule has 6 rings (SSSR count). The fraction of sp³-hybridized carbons (Fsp3) is 0.0370. The molecule has 0 spiro atoms. The van der Waals surface area contributed by atoms with Gasteiger partial charge in [-0.05, 0) is 24.3 Å². The van der Waals surface area contributed by atoms with Crippen molar-refractivity contribution in [1.82, 2.24) is 9.88 Å². The van der Waals surface area contributed by atoms with Crippen LogP contribution in [0.4, 0.5) is 0 Å². The summed E-state index contributed by atoms with van der Waals surface area (Å²) < 4.78 is 2.27. The highest BCUT2D eigenvalue weighted by Crippen LogP contribution is 2.37. The summed E-state index contributed by atoms with van der Waals surface area (Å²) in [7, 11) is 0. The summed E-state index contributed by atoms with van der Waals surface area (Å²) in [5.74, 6) is 0.600. The Morgan fingerprint density at radius 3 is 2.22 bits per heavy atom.